The second kappa shape index (κ2) is 8.41. The van der Waals surface area contributed by atoms with Gasteiger partial charge in [0.1, 0.15) is 0 Å². The highest BCUT2D eigenvalue weighted by Crippen LogP contribution is 2.14. The molecule has 2 N–H and O–H groups in total. The molecule has 0 aliphatic carbocycles. The minimum absolute atomic E-state index is 0.127. The minimum Gasteiger partial charge on any atom is -0.323 e. The van der Waals surface area contributed by atoms with Crippen LogP contribution in [0.1, 0.15) is 11.1 Å². The first-order chi connectivity index (χ1) is 11.9. The van der Waals surface area contributed by atoms with Gasteiger partial charge in [-0.05, 0) is 42.8 Å². The molecule has 0 aromatic heterocycles. The molecule has 0 heterocycles. The number of amides is 1. The van der Waals surface area contributed by atoms with Crippen molar-refractivity contribution in [1.82, 2.24) is 4.72 Å². The first-order valence-corrected chi connectivity index (χ1v) is 9.15. The van der Waals surface area contributed by atoms with E-state index in [1.807, 2.05) is 31.2 Å². The standard InChI is InChI=1S/C19H20N2O3S/c1-3-14-20-25(23,24)18-11-9-17(10-12-18)21-19(22)13-8-16-6-4-15(2)5-7-16/h3-13,20H,1,14H2,2H3,(H,21,22)/b13-8+. The molecule has 6 heteroatoms. The number of hydrogen-bond acceptors (Lipinski definition) is 3. The van der Waals surface area contributed by atoms with E-state index in [-0.39, 0.29) is 17.3 Å². The average molecular weight is 356 g/mol. The van der Waals surface area contributed by atoms with E-state index >= 15 is 0 Å². The van der Waals surface area contributed by atoms with Crippen LogP contribution in [-0.2, 0) is 14.8 Å². The van der Waals surface area contributed by atoms with Gasteiger partial charge in [-0.2, -0.15) is 0 Å². The summed E-state index contributed by atoms with van der Waals surface area (Å²) in [4.78, 5) is 12.1. The van der Waals surface area contributed by atoms with Crippen molar-refractivity contribution in [3.05, 3.63) is 78.4 Å². The maximum Gasteiger partial charge on any atom is 0.248 e. The Morgan fingerprint density at radius 2 is 1.72 bits per heavy atom. The lowest BCUT2D eigenvalue weighted by Crippen LogP contribution is -2.23. The van der Waals surface area contributed by atoms with Crippen molar-refractivity contribution < 1.29 is 13.2 Å². The van der Waals surface area contributed by atoms with E-state index in [9.17, 15) is 13.2 Å². The number of carbonyl (C=O) groups excluding carboxylic acids is 1. The van der Waals surface area contributed by atoms with E-state index < -0.39 is 10.0 Å². The monoisotopic (exact) mass is 356 g/mol. The average Bonchev–Trinajstić information content (AvgIpc) is 2.60. The Hall–Kier alpha value is -2.70. The van der Waals surface area contributed by atoms with E-state index in [4.69, 9.17) is 0 Å². The molecule has 2 rings (SSSR count). The second-order valence-electron chi connectivity index (χ2n) is 5.40. The molecule has 5 nitrogen and oxygen atoms in total. The molecule has 130 valence electrons. The number of nitrogens with one attached hydrogen (secondary N) is 2. The van der Waals surface area contributed by atoms with Crippen LogP contribution in [-0.4, -0.2) is 20.9 Å². The Kier molecular flexibility index (Phi) is 6.27. The van der Waals surface area contributed by atoms with Gasteiger partial charge in [-0.25, -0.2) is 13.1 Å². The van der Waals surface area contributed by atoms with Crippen LogP contribution in [0, 0.1) is 6.92 Å². The van der Waals surface area contributed by atoms with Gasteiger partial charge in [0.2, 0.25) is 15.9 Å². The Bertz CT molecular complexity index is 868. The summed E-state index contributed by atoms with van der Waals surface area (Å²) in [5.74, 6) is -0.291. The van der Waals surface area contributed by atoms with Crippen LogP contribution in [0.5, 0.6) is 0 Å². The van der Waals surface area contributed by atoms with Crippen LogP contribution in [0.25, 0.3) is 6.08 Å². The Morgan fingerprint density at radius 1 is 1.08 bits per heavy atom. The maximum absolute atomic E-state index is 12.0. The smallest absolute Gasteiger partial charge is 0.248 e. The zero-order valence-electron chi connectivity index (χ0n) is 13.9. The molecule has 0 bridgehead atoms. The minimum atomic E-state index is -3.57. The summed E-state index contributed by atoms with van der Waals surface area (Å²) in [6.45, 7) is 5.62. The summed E-state index contributed by atoms with van der Waals surface area (Å²) in [5, 5.41) is 2.69. The van der Waals surface area contributed by atoms with Crippen LogP contribution in [0.15, 0.2) is 72.2 Å². The molecule has 0 aliphatic heterocycles. The van der Waals surface area contributed by atoms with Crippen molar-refractivity contribution in [1.29, 1.82) is 0 Å². The summed E-state index contributed by atoms with van der Waals surface area (Å²) < 4.78 is 26.3. The van der Waals surface area contributed by atoms with Gasteiger partial charge in [0.15, 0.2) is 0 Å². The number of hydrogen-bond donors (Lipinski definition) is 2. The molecule has 0 saturated carbocycles. The van der Waals surface area contributed by atoms with Crippen LogP contribution < -0.4 is 10.0 Å². The molecule has 25 heavy (non-hydrogen) atoms. The second-order valence-corrected chi connectivity index (χ2v) is 7.17. The number of rotatable bonds is 7. The van der Waals surface area contributed by atoms with Crippen molar-refractivity contribution in [2.45, 2.75) is 11.8 Å². The largest absolute Gasteiger partial charge is 0.323 e. The lowest BCUT2D eigenvalue weighted by atomic mass is 10.1. The number of aryl methyl sites for hydroxylation is 1. The third-order valence-corrected chi connectivity index (χ3v) is 4.79. The lowest BCUT2D eigenvalue weighted by Gasteiger charge is -2.06. The third-order valence-electron chi connectivity index (χ3n) is 3.35. The molecule has 0 atom stereocenters. The van der Waals surface area contributed by atoms with Gasteiger partial charge in [0.05, 0.1) is 4.90 Å². The SMILES string of the molecule is C=CCNS(=O)(=O)c1ccc(NC(=O)/C=C/c2ccc(C)cc2)cc1. The molecular formula is C19H20N2O3S. The number of carbonyl (C=O) groups is 1. The fourth-order valence-electron chi connectivity index (χ4n) is 2.00. The lowest BCUT2D eigenvalue weighted by molar-refractivity contribution is -0.111. The summed E-state index contributed by atoms with van der Waals surface area (Å²) in [5.41, 5.74) is 2.59. The van der Waals surface area contributed by atoms with Gasteiger partial charge in [-0.1, -0.05) is 35.9 Å². The topological polar surface area (TPSA) is 75.3 Å². The van der Waals surface area contributed by atoms with Crippen LogP contribution in [0.4, 0.5) is 5.69 Å². The molecular weight excluding hydrogens is 336 g/mol. The Labute approximate surface area is 148 Å². The van der Waals surface area contributed by atoms with E-state index in [1.165, 1.54) is 24.3 Å². The van der Waals surface area contributed by atoms with Crippen LogP contribution in [0.2, 0.25) is 0 Å². The fourth-order valence-corrected chi connectivity index (χ4v) is 3.00. The molecule has 0 aliphatic rings. The van der Waals surface area contributed by atoms with E-state index in [1.54, 1.807) is 18.2 Å². The van der Waals surface area contributed by atoms with Crippen molar-refractivity contribution in [3.8, 4) is 0 Å². The molecule has 0 fully saturated rings. The van der Waals surface area contributed by atoms with E-state index in [0.717, 1.165) is 11.1 Å². The number of sulfonamides is 1. The number of anilines is 1. The summed E-state index contributed by atoms with van der Waals surface area (Å²) in [6.07, 6.45) is 4.61. The molecule has 0 spiro atoms. The van der Waals surface area contributed by atoms with E-state index in [2.05, 4.69) is 16.6 Å². The van der Waals surface area contributed by atoms with Gasteiger partial charge in [0.25, 0.3) is 0 Å². The highest BCUT2D eigenvalue weighted by atomic mass is 32.2. The van der Waals surface area contributed by atoms with Crippen molar-refractivity contribution >= 4 is 27.7 Å². The highest BCUT2D eigenvalue weighted by Gasteiger charge is 2.12. The van der Waals surface area contributed by atoms with Gasteiger partial charge in [-0.15, -0.1) is 6.58 Å². The van der Waals surface area contributed by atoms with Gasteiger partial charge in [-0.3, -0.25) is 4.79 Å². The predicted octanol–water partition coefficient (Wildman–Crippen LogP) is 3.11. The zero-order valence-corrected chi connectivity index (χ0v) is 14.7. The normalized spacial score (nSPS) is 11.4. The molecule has 2 aromatic carbocycles. The van der Waals surface area contributed by atoms with Crippen molar-refractivity contribution in [2.75, 3.05) is 11.9 Å². The maximum atomic E-state index is 12.0. The molecule has 2 aromatic rings. The zero-order chi connectivity index (χ0) is 18.3. The summed E-state index contributed by atoms with van der Waals surface area (Å²) in [6, 6.07) is 13.7. The Morgan fingerprint density at radius 3 is 2.32 bits per heavy atom. The fraction of sp³-hybridized carbons (Fsp3) is 0.105. The first-order valence-electron chi connectivity index (χ1n) is 7.67. The molecule has 0 unspecified atom stereocenters. The third kappa shape index (κ3) is 5.70. The molecule has 0 saturated heterocycles. The quantitative estimate of drug-likeness (QED) is 0.591. The van der Waals surface area contributed by atoms with Gasteiger partial charge >= 0.3 is 0 Å². The van der Waals surface area contributed by atoms with Crippen LogP contribution in [0.3, 0.4) is 0 Å². The van der Waals surface area contributed by atoms with E-state index in [0.29, 0.717) is 5.69 Å². The number of benzene rings is 2. The van der Waals surface area contributed by atoms with Gasteiger partial charge < -0.3 is 5.32 Å². The Balaban J connectivity index is 1.99. The van der Waals surface area contributed by atoms with Crippen molar-refractivity contribution in [3.63, 3.8) is 0 Å². The van der Waals surface area contributed by atoms with Gasteiger partial charge in [0, 0.05) is 18.3 Å². The molecule has 1 amide bonds. The predicted molar refractivity (Wildman–Crippen MR) is 101 cm³/mol. The highest BCUT2D eigenvalue weighted by molar-refractivity contribution is 7.89. The molecule has 0 radical (unpaired) electrons. The van der Waals surface area contributed by atoms with Crippen LogP contribution >= 0.6 is 0 Å². The van der Waals surface area contributed by atoms with Crippen molar-refractivity contribution in [2.24, 2.45) is 0 Å². The first kappa shape index (κ1) is 18.6. The summed E-state index contributed by atoms with van der Waals surface area (Å²) >= 11 is 0. The summed E-state index contributed by atoms with van der Waals surface area (Å²) in [7, 11) is -3.57.